The van der Waals surface area contributed by atoms with Gasteiger partial charge < -0.3 is 9.47 Å². The summed E-state index contributed by atoms with van der Waals surface area (Å²) in [5.74, 6) is 1.93. The van der Waals surface area contributed by atoms with E-state index >= 15 is 0 Å². The van der Waals surface area contributed by atoms with Crippen LogP contribution in [0.2, 0.25) is 0 Å². The number of ether oxygens (including phenoxy) is 2. The van der Waals surface area contributed by atoms with Gasteiger partial charge in [-0.2, -0.15) is 0 Å². The lowest BCUT2D eigenvalue weighted by molar-refractivity contribution is 0.214. The molecule has 0 spiro atoms. The fraction of sp³-hybridized carbons (Fsp3) is 0.368. The van der Waals surface area contributed by atoms with E-state index in [1.165, 1.54) is 10.9 Å². The molecule has 1 aliphatic rings. The van der Waals surface area contributed by atoms with Gasteiger partial charge in [-0.1, -0.05) is 59.0 Å². The first-order chi connectivity index (χ1) is 10.5. The second-order valence-corrected chi connectivity index (χ2v) is 9.51. The summed E-state index contributed by atoms with van der Waals surface area (Å²) in [4.78, 5) is 0. The van der Waals surface area contributed by atoms with Crippen LogP contribution in [-0.2, 0) is 0 Å². The Bertz CT molecular complexity index is 673. The first kappa shape index (κ1) is 15.4. The van der Waals surface area contributed by atoms with Crippen LogP contribution in [0, 0.1) is 0 Å². The zero-order chi connectivity index (χ0) is 15.7. The molecule has 2 nitrogen and oxygen atoms in total. The lowest BCUT2D eigenvalue weighted by Gasteiger charge is -2.31. The van der Waals surface area contributed by atoms with Crippen molar-refractivity contribution in [2.24, 2.45) is 0 Å². The van der Waals surface area contributed by atoms with Crippen LogP contribution in [0.15, 0.2) is 42.5 Å². The monoisotopic (exact) mass is 314 g/mol. The van der Waals surface area contributed by atoms with E-state index in [1.807, 2.05) is 6.07 Å². The maximum Gasteiger partial charge on any atom is 0.128 e. The average Bonchev–Trinajstić information content (AvgIpc) is 2.47. The summed E-state index contributed by atoms with van der Waals surface area (Å²) in [6.07, 6.45) is 0. The maximum absolute atomic E-state index is 5.97. The molecule has 0 bridgehead atoms. The molecule has 3 rings (SSSR count). The molecule has 1 heterocycles. The molecule has 1 unspecified atom stereocenters. The number of rotatable bonds is 1. The molecular formula is C19H23O2P. The van der Waals surface area contributed by atoms with Crippen molar-refractivity contribution in [2.45, 2.75) is 25.9 Å². The highest BCUT2D eigenvalue weighted by Gasteiger charge is 2.27. The zero-order valence-electron chi connectivity index (χ0n) is 13.7. The second kappa shape index (κ2) is 5.93. The van der Waals surface area contributed by atoms with E-state index in [4.69, 9.17) is 9.47 Å². The second-order valence-electron chi connectivity index (χ2n) is 6.57. The third-order valence-corrected chi connectivity index (χ3v) is 7.23. The smallest absolute Gasteiger partial charge is 0.128 e. The molecule has 1 atom stereocenters. The van der Waals surface area contributed by atoms with Crippen molar-refractivity contribution in [2.75, 3.05) is 19.9 Å². The van der Waals surface area contributed by atoms with Crippen LogP contribution in [0.25, 0.3) is 11.1 Å². The van der Waals surface area contributed by atoms with E-state index in [9.17, 15) is 0 Å². The van der Waals surface area contributed by atoms with E-state index < -0.39 is 0 Å². The van der Waals surface area contributed by atoms with Gasteiger partial charge in [-0.05, 0) is 29.3 Å². The van der Waals surface area contributed by atoms with E-state index in [-0.39, 0.29) is 13.1 Å². The Morgan fingerprint density at radius 1 is 0.864 bits per heavy atom. The number of hydrogen-bond acceptors (Lipinski definition) is 2. The van der Waals surface area contributed by atoms with Gasteiger partial charge in [-0.25, -0.2) is 0 Å². The summed E-state index contributed by atoms with van der Waals surface area (Å²) in [6, 6.07) is 14.7. The van der Waals surface area contributed by atoms with Gasteiger partial charge in [0.05, 0.1) is 0 Å². The summed E-state index contributed by atoms with van der Waals surface area (Å²) in [5, 5.41) is 1.64. The zero-order valence-corrected chi connectivity index (χ0v) is 14.6. The van der Waals surface area contributed by atoms with E-state index in [2.05, 4.69) is 63.8 Å². The van der Waals surface area contributed by atoms with Gasteiger partial charge in [-0.15, -0.1) is 0 Å². The number of hydrogen-bond donors (Lipinski definition) is 0. The van der Waals surface area contributed by atoms with Crippen LogP contribution >= 0.6 is 7.92 Å². The molecule has 22 heavy (non-hydrogen) atoms. The highest BCUT2D eigenvalue weighted by molar-refractivity contribution is 7.66. The SMILES string of the molecule is CP(c1cccc2c1-c1ccccc1OCCO2)C(C)(C)C. The van der Waals surface area contributed by atoms with Crippen LogP contribution in [0.3, 0.4) is 0 Å². The highest BCUT2D eigenvalue weighted by atomic mass is 31.1. The summed E-state index contributed by atoms with van der Waals surface area (Å²) < 4.78 is 11.9. The normalized spacial score (nSPS) is 15.5. The van der Waals surface area contributed by atoms with Crippen molar-refractivity contribution >= 4 is 13.2 Å². The minimum absolute atomic E-state index is 0.253. The maximum atomic E-state index is 5.97. The molecule has 0 saturated heterocycles. The van der Waals surface area contributed by atoms with Crippen molar-refractivity contribution in [1.82, 2.24) is 0 Å². The Kier molecular flexibility index (Phi) is 4.14. The van der Waals surface area contributed by atoms with Crippen molar-refractivity contribution in [3.05, 3.63) is 42.5 Å². The van der Waals surface area contributed by atoms with Gasteiger partial charge in [0.15, 0.2) is 0 Å². The Hall–Kier alpha value is -1.53. The Morgan fingerprint density at radius 3 is 2.23 bits per heavy atom. The summed E-state index contributed by atoms with van der Waals surface area (Å²) in [5.41, 5.74) is 2.35. The first-order valence-electron chi connectivity index (χ1n) is 7.70. The lowest BCUT2D eigenvalue weighted by Crippen LogP contribution is -2.22. The molecule has 1 aliphatic heterocycles. The van der Waals surface area contributed by atoms with Gasteiger partial charge in [0.25, 0.3) is 0 Å². The topological polar surface area (TPSA) is 18.5 Å². The van der Waals surface area contributed by atoms with Gasteiger partial charge >= 0.3 is 0 Å². The molecule has 2 aromatic carbocycles. The fourth-order valence-electron chi connectivity index (χ4n) is 2.65. The molecule has 0 amide bonds. The Morgan fingerprint density at radius 2 is 1.50 bits per heavy atom. The summed E-state index contributed by atoms with van der Waals surface area (Å²) >= 11 is 0. The first-order valence-corrected chi connectivity index (χ1v) is 9.49. The number of fused-ring (bicyclic) bond motifs is 3. The van der Waals surface area contributed by atoms with Crippen molar-refractivity contribution < 1.29 is 9.47 Å². The molecule has 3 heteroatoms. The largest absolute Gasteiger partial charge is 0.489 e. The average molecular weight is 314 g/mol. The third kappa shape index (κ3) is 2.85. The summed E-state index contributed by atoms with van der Waals surface area (Å²) in [6.45, 7) is 10.5. The van der Waals surface area contributed by atoms with Crippen LogP contribution in [0.1, 0.15) is 20.8 Å². The molecule has 0 aliphatic carbocycles. The third-order valence-electron chi connectivity index (χ3n) is 4.13. The van der Waals surface area contributed by atoms with Crippen LogP contribution in [-0.4, -0.2) is 25.0 Å². The van der Waals surface area contributed by atoms with Crippen molar-refractivity contribution in [3.8, 4) is 22.6 Å². The minimum Gasteiger partial charge on any atom is -0.489 e. The molecule has 0 aromatic heterocycles. The van der Waals surface area contributed by atoms with E-state index in [0.29, 0.717) is 13.2 Å². The predicted octanol–water partition coefficient (Wildman–Crippen LogP) is 4.66. The van der Waals surface area contributed by atoms with Gasteiger partial charge in [0.1, 0.15) is 24.7 Å². The van der Waals surface area contributed by atoms with Gasteiger partial charge in [0, 0.05) is 11.1 Å². The Labute approximate surface area is 134 Å². The quantitative estimate of drug-likeness (QED) is 0.713. The van der Waals surface area contributed by atoms with Crippen molar-refractivity contribution in [3.63, 3.8) is 0 Å². The molecule has 0 fully saturated rings. The van der Waals surface area contributed by atoms with Crippen LogP contribution in [0.4, 0.5) is 0 Å². The predicted molar refractivity (Wildman–Crippen MR) is 95.1 cm³/mol. The molecule has 0 saturated carbocycles. The van der Waals surface area contributed by atoms with Crippen LogP contribution < -0.4 is 14.8 Å². The standard InChI is InChI=1S/C19H23O2P/c1-19(2,3)22(4)17-11-7-10-16-18(17)14-8-5-6-9-15(14)20-12-13-21-16/h5-11H,12-13H2,1-4H3. The number of benzene rings is 2. The summed E-state index contributed by atoms with van der Waals surface area (Å²) in [7, 11) is -0.312. The van der Waals surface area contributed by atoms with E-state index in [0.717, 1.165) is 17.1 Å². The number of para-hydroxylation sites is 1. The molecule has 2 aromatic rings. The molecular weight excluding hydrogens is 291 g/mol. The van der Waals surface area contributed by atoms with Gasteiger partial charge in [-0.3, -0.25) is 0 Å². The molecule has 0 N–H and O–H groups in total. The highest BCUT2D eigenvalue weighted by Crippen LogP contribution is 2.49. The molecule has 0 radical (unpaired) electrons. The van der Waals surface area contributed by atoms with Crippen molar-refractivity contribution in [1.29, 1.82) is 0 Å². The fourth-order valence-corrected chi connectivity index (χ4v) is 4.25. The molecule has 116 valence electrons. The van der Waals surface area contributed by atoms with Gasteiger partial charge in [0.2, 0.25) is 0 Å². The van der Waals surface area contributed by atoms with Crippen LogP contribution in [0.5, 0.6) is 11.5 Å². The van der Waals surface area contributed by atoms with E-state index in [1.54, 1.807) is 0 Å². The Balaban J connectivity index is 2.24. The lowest BCUT2D eigenvalue weighted by atomic mass is 10.0. The minimum atomic E-state index is -0.312.